The van der Waals surface area contributed by atoms with Crippen LogP contribution in [0.3, 0.4) is 0 Å². The molecular weight excluding hydrogens is 332 g/mol. The fourth-order valence-electron chi connectivity index (χ4n) is 1.47. The van der Waals surface area contributed by atoms with Gasteiger partial charge in [-0.2, -0.15) is 0 Å². The van der Waals surface area contributed by atoms with Gasteiger partial charge in [-0.1, -0.05) is 35.9 Å². The average Bonchev–Trinajstić information content (AvgIpc) is 2.38. The van der Waals surface area contributed by atoms with Gasteiger partial charge < -0.3 is 0 Å². The topological polar surface area (TPSA) is 17.1 Å². The van der Waals surface area contributed by atoms with E-state index in [0.29, 0.717) is 16.3 Å². The molecule has 0 aliphatic rings. The minimum Gasteiger partial charge on any atom is -0.293 e. The van der Waals surface area contributed by atoms with E-state index in [1.807, 2.05) is 36.4 Å². The van der Waals surface area contributed by atoms with Gasteiger partial charge in [0.15, 0.2) is 5.78 Å². The summed E-state index contributed by atoms with van der Waals surface area (Å²) in [5, 5.41) is 0.509. The Kier molecular flexibility index (Phi) is 4.87. The van der Waals surface area contributed by atoms with E-state index < -0.39 is 0 Å². The first-order valence-corrected chi connectivity index (χ1v) is 7.49. The summed E-state index contributed by atoms with van der Waals surface area (Å²) in [5.41, 5.74) is 0.582. The molecule has 0 atom stereocenters. The summed E-state index contributed by atoms with van der Waals surface area (Å²) in [4.78, 5) is 13.1. The molecule has 4 heteroatoms. The van der Waals surface area contributed by atoms with Gasteiger partial charge in [0.05, 0.1) is 10.8 Å². The number of benzene rings is 2. The van der Waals surface area contributed by atoms with Crippen LogP contribution in [0.2, 0.25) is 5.02 Å². The van der Waals surface area contributed by atoms with Crippen molar-refractivity contribution in [2.45, 2.75) is 4.90 Å². The van der Waals surface area contributed by atoms with Gasteiger partial charge in [-0.15, -0.1) is 11.8 Å². The number of rotatable bonds is 4. The summed E-state index contributed by atoms with van der Waals surface area (Å²) in [5.74, 6) is 0.424. The third-order valence-corrected chi connectivity index (χ3v) is 4.73. The van der Waals surface area contributed by atoms with Crippen molar-refractivity contribution >= 4 is 45.1 Å². The molecule has 92 valence electrons. The van der Waals surface area contributed by atoms with E-state index in [1.54, 1.807) is 12.1 Å². The second-order valence-corrected chi connectivity index (χ2v) is 5.90. The van der Waals surface area contributed by atoms with Crippen LogP contribution in [0, 0.1) is 0 Å². The molecule has 0 aliphatic heterocycles. The molecule has 0 heterocycles. The van der Waals surface area contributed by atoms with Gasteiger partial charge in [-0.25, -0.2) is 0 Å². The van der Waals surface area contributed by atoms with Crippen LogP contribution in [0.1, 0.15) is 10.4 Å². The lowest BCUT2D eigenvalue weighted by molar-refractivity contribution is 0.102. The monoisotopic (exact) mass is 340 g/mol. The first-order chi connectivity index (χ1) is 8.68. The Morgan fingerprint density at radius 2 is 1.78 bits per heavy atom. The van der Waals surface area contributed by atoms with Gasteiger partial charge >= 0.3 is 0 Å². The molecule has 0 aliphatic carbocycles. The standard InChI is InChI=1S/C14H10BrClOS/c15-11-6-2-4-8-14(11)18-9-13(17)10-5-1-3-7-12(10)16/h1-8H,9H2. The normalized spacial score (nSPS) is 10.3. The molecule has 2 rings (SSSR count). The van der Waals surface area contributed by atoms with Gasteiger partial charge in [-0.3, -0.25) is 4.79 Å². The molecular formula is C14H10BrClOS. The first-order valence-electron chi connectivity index (χ1n) is 5.33. The molecule has 0 amide bonds. The van der Waals surface area contributed by atoms with Crippen LogP contribution in [0.4, 0.5) is 0 Å². The second-order valence-electron chi connectivity index (χ2n) is 3.62. The minimum absolute atomic E-state index is 0.0429. The number of thioether (sulfide) groups is 1. The molecule has 1 nitrogen and oxygen atoms in total. The van der Waals surface area contributed by atoms with E-state index in [9.17, 15) is 4.79 Å². The molecule has 0 radical (unpaired) electrons. The van der Waals surface area contributed by atoms with Crippen molar-refractivity contribution in [2.24, 2.45) is 0 Å². The van der Waals surface area contributed by atoms with Gasteiger partial charge in [-0.05, 0) is 40.2 Å². The van der Waals surface area contributed by atoms with Gasteiger partial charge in [0.25, 0.3) is 0 Å². The lowest BCUT2D eigenvalue weighted by Crippen LogP contribution is -2.02. The van der Waals surface area contributed by atoms with Crippen molar-refractivity contribution in [1.82, 2.24) is 0 Å². The Labute approximate surface area is 124 Å². The lowest BCUT2D eigenvalue weighted by Gasteiger charge is -2.05. The Bertz CT molecular complexity index is 571. The maximum atomic E-state index is 12.0. The summed E-state index contributed by atoms with van der Waals surface area (Å²) in [6, 6.07) is 15.0. The number of carbonyl (C=O) groups is 1. The predicted octanol–water partition coefficient (Wildman–Crippen LogP) is 5.08. The highest BCUT2D eigenvalue weighted by molar-refractivity contribution is 9.10. The molecule has 0 fully saturated rings. The van der Waals surface area contributed by atoms with Crippen molar-refractivity contribution in [3.05, 3.63) is 63.6 Å². The molecule has 2 aromatic rings. The Morgan fingerprint density at radius 3 is 2.50 bits per heavy atom. The van der Waals surface area contributed by atoms with Crippen LogP contribution in [0.5, 0.6) is 0 Å². The van der Waals surface area contributed by atoms with E-state index in [0.717, 1.165) is 9.37 Å². The smallest absolute Gasteiger partial charge is 0.174 e. The van der Waals surface area contributed by atoms with Crippen LogP contribution in [0.25, 0.3) is 0 Å². The summed E-state index contributed by atoms with van der Waals surface area (Å²) in [7, 11) is 0. The quantitative estimate of drug-likeness (QED) is 0.570. The highest BCUT2D eigenvalue weighted by Gasteiger charge is 2.10. The number of Topliss-reactive ketones (excluding diaryl/α,β-unsaturated/α-hetero) is 1. The molecule has 0 saturated carbocycles. The van der Waals surface area contributed by atoms with E-state index in [1.165, 1.54) is 11.8 Å². The van der Waals surface area contributed by atoms with E-state index >= 15 is 0 Å². The van der Waals surface area contributed by atoms with E-state index in [4.69, 9.17) is 11.6 Å². The van der Waals surface area contributed by atoms with Crippen molar-refractivity contribution in [3.63, 3.8) is 0 Å². The summed E-state index contributed by atoms with van der Waals surface area (Å²) in [6.45, 7) is 0. The van der Waals surface area contributed by atoms with E-state index in [2.05, 4.69) is 15.9 Å². The maximum Gasteiger partial charge on any atom is 0.174 e. The summed E-state index contributed by atoms with van der Waals surface area (Å²) >= 11 is 11.0. The third kappa shape index (κ3) is 3.37. The zero-order chi connectivity index (χ0) is 13.0. The Balaban J connectivity index is 2.06. The van der Waals surface area contributed by atoms with Crippen molar-refractivity contribution in [3.8, 4) is 0 Å². The highest BCUT2D eigenvalue weighted by Crippen LogP contribution is 2.28. The van der Waals surface area contributed by atoms with Gasteiger partial charge in [0, 0.05) is 14.9 Å². The predicted molar refractivity (Wildman–Crippen MR) is 80.6 cm³/mol. The number of hydrogen-bond donors (Lipinski definition) is 0. The Morgan fingerprint density at radius 1 is 1.11 bits per heavy atom. The van der Waals surface area contributed by atoms with Crippen molar-refractivity contribution in [2.75, 3.05) is 5.75 Å². The molecule has 0 aromatic heterocycles. The number of ketones is 1. The van der Waals surface area contributed by atoms with Gasteiger partial charge in [0.2, 0.25) is 0 Å². The molecule has 0 bridgehead atoms. The molecule has 0 unspecified atom stereocenters. The summed E-state index contributed by atoms with van der Waals surface area (Å²) in [6.07, 6.45) is 0. The number of hydrogen-bond acceptors (Lipinski definition) is 2. The zero-order valence-electron chi connectivity index (χ0n) is 9.40. The second kappa shape index (κ2) is 6.41. The minimum atomic E-state index is 0.0429. The SMILES string of the molecule is O=C(CSc1ccccc1Br)c1ccccc1Cl. The first kappa shape index (κ1) is 13.7. The summed E-state index contributed by atoms with van der Waals surface area (Å²) < 4.78 is 1.00. The molecule has 18 heavy (non-hydrogen) atoms. The molecule has 0 spiro atoms. The third-order valence-electron chi connectivity index (χ3n) is 2.37. The fourth-order valence-corrected chi connectivity index (χ4v) is 3.16. The molecule has 0 N–H and O–H groups in total. The van der Waals surface area contributed by atoms with Crippen LogP contribution >= 0.6 is 39.3 Å². The van der Waals surface area contributed by atoms with Crippen LogP contribution in [0.15, 0.2) is 57.9 Å². The van der Waals surface area contributed by atoms with Crippen LogP contribution in [-0.4, -0.2) is 11.5 Å². The average molecular weight is 342 g/mol. The van der Waals surface area contributed by atoms with Gasteiger partial charge in [0.1, 0.15) is 0 Å². The largest absolute Gasteiger partial charge is 0.293 e. The lowest BCUT2D eigenvalue weighted by atomic mass is 10.1. The Hall–Kier alpha value is -0.770. The number of carbonyl (C=O) groups excluding carboxylic acids is 1. The van der Waals surface area contributed by atoms with E-state index in [-0.39, 0.29) is 5.78 Å². The maximum absolute atomic E-state index is 12.0. The van der Waals surface area contributed by atoms with Crippen LogP contribution < -0.4 is 0 Å². The van der Waals surface area contributed by atoms with Crippen molar-refractivity contribution in [1.29, 1.82) is 0 Å². The fraction of sp³-hybridized carbons (Fsp3) is 0.0714. The van der Waals surface area contributed by atoms with Crippen LogP contribution in [-0.2, 0) is 0 Å². The van der Waals surface area contributed by atoms with Crippen molar-refractivity contribution < 1.29 is 4.79 Å². The molecule has 2 aromatic carbocycles. The zero-order valence-corrected chi connectivity index (χ0v) is 12.6. The highest BCUT2D eigenvalue weighted by atomic mass is 79.9. The number of halogens is 2. The molecule has 0 saturated heterocycles.